The van der Waals surface area contributed by atoms with Gasteiger partial charge in [0, 0.05) is 35.1 Å². The smallest absolute Gasteiger partial charge is 0.259 e. The molecule has 1 atom stereocenters. The van der Waals surface area contributed by atoms with Crippen molar-refractivity contribution < 1.29 is 4.52 Å². The Bertz CT molecular complexity index is 766. The fourth-order valence-corrected chi connectivity index (χ4v) is 3.65. The molecule has 1 aromatic carbocycles. The van der Waals surface area contributed by atoms with Crippen LogP contribution in [0.3, 0.4) is 0 Å². The Hall–Kier alpha value is -1.76. The minimum atomic E-state index is 0.182. The van der Waals surface area contributed by atoms with Gasteiger partial charge in [-0.05, 0) is 13.1 Å². The standard InChI is InChI=1S/C15H16N4OS/c1-19-7-6-16-8-12(19)14-17-15(20-18-14)11-9-21-13-5-3-2-4-10(11)13/h2-5,9,12,16H,6-8H2,1H3. The van der Waals surface area contributed by atoms with Crippen molar-refractivity contribution in [1.82, 2.24) is 20.4 Å². The molecule has 1 fully saturated rings. The predicted molar refractivity (Wildman–Crippen MR) is 83.4 cm³/mol. The van der Waals surface area contributed by atoms with Gasteiger partial charge in [-0.15, -0.1) is 11.3 Å². The van der Waals surface area contributed by atoms with Gasteiger partial charge >= 0.3 is 0 Å². The van der Waals surface area contributed by atoms with Crippen LogP contribution < -0.4 is 5.32 Å². The highest BCUT2D eigenvalue weighted by molar-refractivity contribution is 7.17. The second kappa shape index (κ2) is 5.22. The summed E-state index contributed by atoms with van der Waals surface area (Å²) in [7, 11) is 2.10. The molecule has 0 saturated carbocycles. The summed E-state index contributed by atoms with van der Waals surface area (Å²) in [5.74, 6) is 1.37. The number of likely N-dealkylation sites (N-methyl/N-ethyl adjacent to an activating group) is 1. The Kier molecular flexibility index (Phi) is 3.21. The van der Waals surface area contributed by atoms with Gasteiger partial charge in [0.05, 0.1) is 11.6 Å². The van der Waals surface area contributed by atoms with Crippen molar-refractivity contribution in [3.63, 3.8) is 0 Å². The molecule has 4 rings (SSSR count). The van der Waals surface area contributed by atoms with Gasteiger partial charge in [0.1, 0.15) is 0 Å². The number of aromatic nitrogens is 2. The SMILES string of the molecule is CN1CCNCC1c1noc(-c2csc3ccccc23)n1. The molecule has 0 spiro atoms. The van der Waals surface area contributed by atoms with Gasteiger partial charge in [-0.2, -0.15) is 4.98 Å². The van der Waals surface area contributed by atoms with Crippen molar-refractivity contribution in [1.29, 1.82) is 0 Å². The Morgan fingerprint density at radius 1 is 1.38 bits per heavy atom. The van der Waals surface area contributed by atoms with E-state index in [9.17, 15) is 0 Å². The normalized spacial score (nSPS) is 20.1. The van der Waals surface area contributed by atoms with E-state index in [1.54, 1.807) is 11.3 Å². The van der Waals surface area contributed by atoms with E-state index >= 15 is 0 Å². The summed E-state index contributed by atoms with van der Waals surface area (Å²) < 4.78 is 6.75. The monoisotopic (exact) mass is 300 g/mol. The lowest BCUT2D eigenvalue weighted by molar-refractivity contribution is 0.190. The number of thiophene rings is 1. The average molecular weight is 300 g/mol. The van der Waals surface area contributed by atoms with Gasteiger partial charge in [-0.3, -0.25) is 4.90 Å². The molecule has 2 aromatic heterocycles. The predicted octanol–water partition coefficient (Wildman–Crippen LogP) is 2.53. The van der Waals surface area contributed by atoms with E-state index in [-0.39, 0.29) is 6.04 Å². The molecular weight excluding hydrogens is 284 g/mol. The molecule has 0 amide bonds. The van der Waals surface area contributed by atoms with E-state index in [2.05, 4.69) is 44.9 Å². The second-order valence-corrected chi connectivity index (χ2v) is 6.22. The van der Waals surface area contributed by atoms with Crippen LogP contribution in [-0.2, 0) is 0 Å². The highest BCUT2D eigenvalue weighted by atomic mass is 32.1. The highest BCUT2D eigenvalue weighted by Gasteiger charge is 2.26. The summed E-state index contributed by atoms with van der Waals surface area (Å²) >= 11 is 1.70. The summed E-state index contributed by atoms with van der Waals surface area (Å²) in [6.45, 7) is 2.86. The summed E-state index contributed by atoms with van der Waals surface area (Å²) in [4.78, 5) is 6.88. The third-order valence-corrected chi connectivity index (χ3v) is 4.93. The van der Waals surface area contributed by atoms with Gasteiger partial charge in [0.25, 0.3) is 5.89 Å². The largest absolute Gasteiger partial charge is 0.334 e. The molecule has 1 saturated heterocycles. The summed E-state index contributed by atoms with van der Waals surface area (Å²) in [5, 5.41) is 10.8. The molecule has 21 heavy (non-hydrogen) atoms. The number of nitrogens with one attached hydrogen (secondary N) is 1. The molecule has 3 heterocycles. The Morgan fingerprint density at radius 2 is 2.29 bits per heavy atom. The first-order valence-electron chi connectivity index (χ1n) is 7.04. The average Bonchev–Trinajstić information content (AvgIpc) is 3.14. The fourth-order valence-electron chi connectivity index (χ4n) is 2.72. The van der Waals surface area contributed by atoms with Crippen molar-refractivity contribution in [2.24, 2.45) is 0 Å². The van der Waals surface area contributed by atoms with Crippen LogP contribution in [0.25, 0.3) is 21.5 Å². The quantitative estimate of drug-likeness (QED) is 0.788. The fraction of sp³-hybridized carbons (Fsp3) is 0.333. The number of rotatable bonds is 2. The zero-order valence-electron chi connectivity index (χ0n) is 11.7. The Labute approximate surface area is 126 Å². The molecule has 0 bridgehead atoms. The number of hydrogen-bond acceptors (Lipinski definition) is 6. The van der Waals surface area contributed by atoms with Crippen LogP contribution in [0.15, 0.2) is 34.2 Å². The maximum Gasteiger partial charge on any atom is 0.259 e. The zero-order valence-corrected chi connectivity index (χ0v) is 12.6. The molecular formula is C15H16N4OS. The van der Waals surface area contributed by atoms with Crippen molar-refractivity contribution in [2.45, 2.75) is 6.04 Å². The van der Waals surface area contributed by atoms with Crippen molar-refractivity contribution in [3.8, 4) is 11.5 Å². The first-order chi connectivity index (χ1) is 10.3. The molecule has 3 aromatic rings. The molecule has 0 radical (unpaired) electrons. The van der Waals surface area contributed by atoms with E-state index in [1.807, 2.05) is 12.1 Å². The molecule has 108 valence electrons. The number of benzene rings is 1. The topological polar surface area (TPSA) is 54.2 Å². The molecule has 5 nitrogen and oxygen atoms in total. The summed E-state index contributed by atoms with van der Waals surface area (Å²) in [5.41, 5.74) is 1.03. The first-order valence-corrected chi connectivity index (χ1v) is 7.92. The molecule has 1 aliphatic heterocycles. The Morgan fingerprint density at radius 3 is 3.19 bits per heavy atom. The van der Waals surface area contributed by atoms with Gasteiger partial charge in [-0.1, -0.05) is 23.4 Å². The van der Waals surface area contributed by atoms with E-state index in [0.29, 0.717) is 5.89 Å². The van der Waals surface area contributed by atoms with E-state index in [0.717, 1.165) is 31.0 Å². The number of fused-ring (bicyclic) bond motifs is 1. The second-order valence-electron chi connectivity index (χ2n) is 5.30. The van der Waals surface area contributed by atoms with Crippen LogP contribution in [0.2, 0.25) is 0 Å². The van der Waals surface area contributed by atoms with Crippen molar-refractivity contribution in [3.05, 3.63) is 35.5 Å². The zero-order chi connectivity index (χ0) is 14.2. The lowest BCUT2D eigenvalue weighted by atomic mass is 10.1. The van der Waals surface area contributed by atoms with Gasteiger partial charge in [0.15, 0.2) is 5.82 Å². The first kappa shape index (κ1) is 12.9. The van der Waals surface area contributed by atoms with Crippen LogP contribution in [0.5, 0.6) is 0 Å². The van der Waals surface area contributed by atoms with Gasteiger partial charge in [0.2, 0.25) is 0 Å². The summed E-state index contributed by atoms with van der Waals surface area (Å²) in [6, 6.07) is 8.47. The molecule has 1 N–H and O–H groups in total. The lowest BCUT2D eigenvalue weighted by Gasteiger charge is -2.30. The van der Waals surface area contributed by atoms with Crippen LogP contribution in [0, 0.1) is 0 Å². The minimum Gasteiger partial charge on any atom is -0.334 e. The summed E-state index contributed by atoms with van der Waals surface area (Å²) in [6.07, 6.45) is 0. The van der Waals surface area contributed by atoms with E-state index in [1.165, 1.54) is 10.1 Å². The maximum absolute atomic E-state index is 5.51. The number of piperazine rings is 1. The van der Waals surface area contributed by atoms with Crippen LogP contribution in [0.4, 0.5) is 0 Å². The van der Waals surface area contributed by atoms with Gasteiger partial charge in [-0.25, -0.2) is 0 Å². The minimum absolute atomic E-state index is 0.182. The van der Waals surface area contributed by atoms with Crippen LogP contribution in [-0.4, -0.2) is 41.7 Å². The third kappa shape index (κ3) is 2.25. The number of nitrogens with zero attached hydrogens (tertiary/aromatic N) is 3. The van der Waals surface area contributed by atoms with Crippen molar-refractivity contribution in [2.75, 3.05) is 26.7 Å². The molecule has 1 unspecified atom stereocenters. The van der Waals surface area contributed by atoms with Crippen LogP contribution >= 0.6 is 11.3 Å². The van der Waals surface area contributed by atoms with Gasteiger partial charge < -0.3 is 9.84 Å². The lowest BCUT2D eigenvalue weighted by Crippen LogP contribution is -2.44. The Balaban J connectivity index is 1.71. The molecule has 0 aliphatic carbocycles. The van der Waals surface area contributed by atoms with E-state index in [4.69, 9.17) is 4.52 Å². The van der Waals surface area contributed by atoms with Crippen molar-refractivity contribution >= 4 is 21.4 Å². The third-order valence-electron chi connectivity index (χ3n) is 3.96. The molecule has 6 heteroatoms. The highest BCUT2D eigenvalue weighted by Crippen LogP contribution is 2.33. The van der Waals surface area contributed by atoms with E-state index < -0.39 is 0 Å². The molecule has 1 aliphatic rings. The van der Waals surface area contributed by atoms with Crippen LogP contribution in [0.1, 0.15) is 11.9 Å². The maximum atomic E-state index is 5.51. The number of hydrogen-bond donors (Lipinski definition) is 1.